The second-order valence-corrected chi connectivity index (χ2v) is 5.74. The van der Waals surface area contributed by atoms with E-state index < -0.39 is 0 Å². The lowest BCUT2D eigenvalue weighted by Gasteiger charge is -2.21. The number of aryl methyl sites for hydroxylation is 1. The lowest BCUT2D eigenvalue weighted by molar-refractivity contribution is 0.433. The summed E-state index contributed by atoms with van der Waals surface area (Å²) in [6.45, 7) is 6.27. The molecule has 0 atom stereocenters. The molecule has 0 saturated carbocycles. The number of anilines is 1. The molecule has 0 radical (unpaired) electrons. The number of fused-ring (bicyclic) bond motifs is 1. The minimum Gasteiger partial charge on any atom is -0.440 e. The number of rotatable bonds is 2. The van der Waals surface area contributed by atoms with Crippen molar-refractivity contribution in [2.75, 3.05) is 5.73 Å². The molecule has 3 heteroatoms. The summed E-state index contributed by atoms with van der Waals surface area (Å²) < 4.78 is 5.93. The van der Waals surface area contributed by atoms with Gasteiger partial charge in [-0.1, -0.05) is 18.2 Å². The molecule has 3 nitrogen and oxygen atoms in total. The number of aromatic nitrogens is 1. The molecule has 1 aromatic heterocycles. The zero-order valence-corrected chi connectivity index (χ0v) is 12.0. The number of hydrogen-bond acceptors (Lipinski definition) is 3. The predicted octanol–water partition coefficient (Wildman–Crippen LogP) is 4.04. The van der Waals surface area contributed by atoms with E-state index in [4.69, 9.17) is 10.2 Å². The van der Waals surface area contributed by atoms with E-state index in [2.05, 4.69) is 25.8 Å². The van der Waals surface area contributed by atoms with Gasteiger partial charge in [0.25, 0.3) is 0 Å². The monoisotopic (exact) mass is 266 g/mol. The second kappa shape index (κ2) is 4.37. The molecule has 0 aliphatic carbocycles. The zero-order valence-electron chi connectivity index (χ0n) is 12.0. The van der Waals surface area contributed by atoms with Gasteiger partial charge in [-0.05, 0) is 56.2 Å². The van der Waals surface area contributed by atoms with Gasteiger partial charge in [0.05, 0.1) is 5.41 Å². The Morgan fingerprint density at radius 1 is 1.05 bits per heavy atom. The van der Waals surface area contributed by atoms with Crippen LogP contribution in [0.2, 0.25) is 0 Å². The number of hydrogen-bond donors (Lipinski definition) is 1. The Bertz CT molecular complexity index is 754. The number of nitrogen functional groups attached to an aromatic ring is 1. The summed E-state index contributed by atoms with van der Waals surface area (Å²) >= 11 is 0. The summed E-state index contributed by atoms with van der Waals surface area (Å²) in [4.78, 5) is 4.65. The van der Waals surface area contributed by atoms with Crippen molar-refractivity contribution in [1.82, 2.24) is 4.98 Å². The average Bonchev–Trinajstić information content (AvgIpc) is 2.83. The summed E-state index contributed by atoms with van der Waals surface area (Å²) in [6, 6.07) is 13.9. The van der Waals surface area contributed by atoms with E-state index >= 15 is 0 Å². The van der Waals surface area contributed by atoms with Gasteiger partial charge in [0.2, 0.25) is 5.89 Å². The molecular formula is C17H18N2O. The Morgan fingerprint density at radius 3 is 2.45 bits per heavy atom. The highest BCUT2D eigenvalue weighted by molar-refractivity contribution is 5.73. The van der Waals surface area contributed by atoms with E-state index in [0.29, 0.717) is 0 Å². The van der Waals surface area contributed by atoms with Crippen LogP contribution in [0.25, 0.3) is 11.1 Å². The Hall–Kier alpha value is -2.29. The highest BCUT2D eigenvalue weighted by Crippen LogP contribution is 2.33. The Kier molecular flexibility index (Phi) is 2.78. The van der Waals surface area contributed by atoms with Crippen LogP contribution < -0.4 is 5.73 Å². The first kappa shape index (κ1) is 12.7. The lowest BCUT2D eigenvalue weighted by atomic mass is 9.84. The van der Waals surface area contributed by atoms with Crippen LogP contribution in [0.5, 0.6) is 0 Å². The van der Waals surface area contributed by atoms with E-state index in [1.54, 1.807) is 0 Å². The molecule has 3 aromatic rings. The van der Waals surface area contributed by atoms with Gasteiger partial charge in [-0.2, -0.15) is 0 Å². The summed E-state index contributed by atoms with van der Waals surface area (Å²) in [5.41, 5.74) is 10.3. The predicted molar refractivity (Wildman–Crippen MR) is 81.7 cm³/mol. The van der Waals surface area contributed by atoms with Crippen LogP contribution in [0.4, 0.5) is 5.69 Å². The molecule has 2 aromatic carbocycles. The molecule has 1 heterocycles. The number of nitrogens with two attached hydrogens (primary N) is 1. The minimum atomic E-state index is -0.291. The third kappa shape index (κ3) is 2.05. The summed E-state index contributed by atoms with van der Waals surface area (Å²) in [7, 11) is 0. The van der Waals surface area contributed by atoms with E-state index in [9.17, 15) is 0 Å². The van der Waals surface area contributed by atoms with Gasteiger partial charge in [0, 0.05) is 5.69 Å². The van der Waals surface area contributed by atoms with Gasteiger partial charge in [-0.25, -0.2) is 4.98 Å². The van der Waals surface area contributed by atoms with Crippen LogP contribution in [-0.4, -0.2) is 4.98 Å². The molecule has 0 unspecified atom stereocenters. The Balaban J connectivity index is 2.10. The molecule has 0 saturated heterocycles. The molecule has 0 spiro atoms. The summed E-state index contributed by atoms with van der Waals surface area (Å²) in [5.74, 6) is 0.725. The van der Waals surface area contributed by atoms with Gasteiger partial charge in [0.1, 0.15) is 5.52 Å². The lowest BCUT2D eigenvalue weighted by Crippen LogP contribution is -2.19. The topological polar surface area (TPSA) is 52.0 Å². The minimum absolute atomic E-state index is 0.291. The first-order valence-electron chi connectivity index (χ1n) is 6.70. The van der Waals surface area contributed by atoms with Crippen molar-refractivity contribution < 1.29 is 4.42 Å². The van der Waals surface area contributed by atoms with Crippen LogP contribution >= 0.6 is 0 Å². The largest absolute Gasteiger partial charge is 0.440 e. The fourth-order valence-electron chi connectivity index (χ4n) is 2.33. The van der Waals surface area contributed by atoms with Gasteiger partial charge in [-0.3, -0.25) is 0 Å². The third-order valence-electron chi connectivity index (χ3n) is 3.71. The van der Waals surface area contributed by atoms with Gasteiger partial charge in [-0.15, -0.1) is 0 Å². The van der Waals surface area contributed by atoms with Crippen LogP contribution in [-0.2, 0) is 5.41 Å². The first-order chi connectivity index (χ1) is 9.46. The van der Waals surface area contributed by atoms with Gasteiger partial charge >= 0.3 is 0 Å². The van der Waals surface area contributed by atoms with Crippen molar-refractivity contribution in [3.8, 4) is 0 Å². The molecule has 0 amide bonds. The normalized spacial score (nSPS) is 11.9. The van der Waals surface area contributed by atoms with Crippen molar-refractivity contribution in [2.24, 2.45) is 0 Å². The fraction of sp³-hybridized carbons (Fsp3) is 0.235. The zero-order chi connectivity index (χ0) is 14.3. The molecular weight excluding hydrogens is 248 g/mol. The average molecular weight is 266 g/mol. The quantitative estimate of drug-likeness (QED) is 0.712. The van der Waals surface area contributed by atoms with Crippen LogP contribution in [0.1, 0.15) is 30.9 Å². The van der Waals surface area contributed by atoms with Gasteiger partial charge < -0.3 is 10.2 Å². The van der Waals surface area contributed by atoms with E-state index in [1.807, 2.05) is 42.5 Å². The maximum Gasteiger partial charge on any atom is 0.205 e. The Morgan fingerprint density at radius 2 is 1.75 bits per heavy atom. The van der Waals surface area contributed by atoms with Gasteiger partial charge in [0.15, 0.2) is 5.58 Å². The van der Waals surface area contributed by atoms with Crippen LogP contribution in [0, 0.1) is 6.92 Å². The van der Waals surface area contributed by atoms with Crippen LogP contribution in [0.15, 0.2) is 46.9 Å². The highest BCUT2D eigenvalue weighted by Gasteiger charge is 2.29. The molecule has 2 N–H and O–H groups in total. The van der Waals surface area contributed by atoms with E-state index in [-0.39, 0.29) is 5.41 Å². The Labute approximate surface area is 118 Å². The maximum absolute atomic E-state index is 5.93. The summed E-state index contributed by atoms with van der Waals surface area (Å²) in [6.07, 6.45) is 0. The number of nitrogens with zero attached hydrogens (tertiary/aromatic N) is 1. The van der Waals surface area contributed by atoms with Crippen molar-refractivity contribution in [3.63, 3.8) is 0 Å². The number of oxazole rings is 1. The van der Waals surface area contributed by atoms with Crippen molar-refractivity contribution in [2.45, 2.75) is 26.2 Å². The molecule has 0 aliphatic heterocycles. The fourth-order valence-corrected chi connectivity index (χ4v) is 2.33. The molecule has 20 heavy (non-hydrogen) atoms. The molecule has 0 bridgehead atoms. The molecule has 0 fully saturated rings. The van der Waals surface area contributed by atoms with Crippen LogP contribution in [0.3, 0.4) is 0 Å². The first-order valence-corrected chi connectivity index (χ1v) is 6.70. The molecule has 0 aliphatic rings. The molecule has 3 rings (SSSR count). The number of benzene rings is 2. The van der Waals surface area contributed by atoms with E-state index in [1.165, 1.54) is 5.56 Å². The standard InChI is InChI=1S/C17H18N2O/c1-11-4-9-15-14(10-11)19-16(20-15)17(2,3)12-5-7-13(18)8-6-12/h4-10H,18H2,1-3H3. The van der Waals surface area contributed by atoms with Crippen molar-refractivity contribution in [1.29, 1.82) is 0 Å². The highest BCUT2D eigenvalue weighted by atomic mass is 16.3. The maximum atomic E-state index is 5.93. The second-order valence-electron chi connectivity index (χ2n) is 5.74. The third-order valence-corrected chi connectivity index (χ3v) is 3.71. The van der Waals surface area contributed by atoms with Crippen molar-refractivity contribution >= 4 is 16.8 Å². The van der Waals surface area contributed by atoms with E-state index in [0.717, 1.165) is 28.2 Å². The summed E-state index contributed by atoms with van der Waals surface area (Å²) in [5, 5.41) is 0. The SMILES string of the molecule is Cc1ccc2oc(C(C)(C)c3ccc(N)cc3)nc2c1. The molecule has 102 valence electrons. The smallest absolute Gasteiger partial charge is 0.205 e. The van der Waals surface area contributed by atoms with Crippen molar-refractivity contribution in [3.05, 3.63) is 59.5 Å².